The molecule has 1 aromatic carbocycles. The molecular formula is C13H19NO2. The van der Waals surface area contributed by atoms with Crippen molar-refractivity contribution in [3.8, 4) is 5.75 Å². The second-order valence-corrected chi connectivity index (χ2v) is 4.81. The molecule has 0 bridgehead atoms. The Hall–Kier alpha value is -1.06. The van der Waals surface area contributed by atoms with Crippen molar-refractivity contribution in [2.24, 2.45) is 0 Å². The van der Waals surface area contributed by atoms with Gasteiger partial charge in [-0.05, 0) is 31.0 Å². The number of β-amino-alcohol motifs (C(OH)–C–C–N with tert-alkyl or cyclic N) is 1. The maximum Gasteiger partial charge on any atom is 0.118 e. The van der Waals surface area contributed by atoms with Gasteiger partial charge in [0.2, 0.25) is 0 Å². The van der Waals surface area contributed by atoms with Crippen LogP contribution in [-0.2, 0) is 6.42 Å². The largest absolute Gasteiger partial charge is 0.497 e. The molecule has 0 radical (unpaired) electrons. The third kappa shape index (κ3) is 2.74. The van der Waals surface area contributed by atoms with Crippen LogP contribution in [0.3, 0.4) is 0 Å². The average Bonchev–Trinajstić information content (AvgIpc) is 2.24. The van der Waals surface area contributed by atoms with Crippen molar-refractivity contribution in [1.82, 2.24) is 4.90 Å². The molecule has 0 aromatic heterocycles. The van der Waals surface area contributed by atoms with Gasteiger partial charge in [0.25, 0.3) is 0 Å². The zero-order valence-corrected chi connectivity index (χ0v) is 9.94. The highest BCUT2D eigenvalue weighted by Crippen LogP contribution is 2.20. The SMILES string of the molecule is COc1ccc(CCN2CC(C)(O)C2)cc1. The number of nitrogens with zero attached hydrogens (tertiary/aromatic N) is 1. The molecule has 0 aliphatic carbocycles. The Morgan fingerprint density at radius 1 is 1.31 bits per heavy atom. The molecule has 3 heteroatoms. The van der Waals surface area contributed by atoms with Gasteiger partial charge in [0.15, 0.2) is 0 Å². The van der Waals surface area contributed by atoms with Gasteiger partial charge in [-0.2, -0.15) is 0 Å². The van der Waals surface area contributed by atoms with Gasteiger partial charge in [-0.25, -0.2) is 0 Å². The Morgan fingerprint density at radius 2 is 1.94 bits per heavy atom. The highest BCUT2D eigenvalue weighted by molar-refractivity contribution is 5.27. The third-order valence-electron chi connectivity index (χ3n) is 3.00. The van der Waals surface area contributed by atoms with Crippen molar-refractivity contribution in [3.63, 3.8) is 0 Å². The first-order valence-corrected chi connectivity index (χ1v) is 5.67. The minimum Gasteiger partial charge on any atom is -0.497 e. The number of hydrogen-bond donors (Lipinski definition) is 1. The average molecular weight is 221 g/mol. The van der Waals surface area contributed by atoms with Crippen LogP contribution in [0.4, 0.5) is 0 Å². The Balaban J connectivity index is 1.77. The fourth-order valence-corrected chi connectivity index (χ4v) is 2.15. The fourth-order valence-electron chi connectivity index (χ4n) is 2.15. The monoisotopic (exact) mass is 221 g/mol. The smallest absolute Gasteiger partial charge is 0.118 e. The van der Waals surface area contributed by atoms with Gasteiger partial charge in [0.05, 0.1) is 12.7 Å². The third-order valence-corrected chi connectivity index (χ3v) is 3.00. The molecule has 1 aromatic rings. The van der Waals surface area contributed by atoms with Crippen molar-refractivity contribution in [3.05, 3.63) is 29.8 Å². The molecule has 0 unspecified atom stereocenters. The van der Waals surface area contributed by atoms with Crippen LogP contribution in [-0.4, -0.2) is 42.4 Å². The number of likely N-dealkylation sites (tertiary alicyclic amines) is 1. The maximum absolute atomic E-state index is 9.59. The van der Waals surface area contributed by atoms with Crippen LogP contribution < -0.4 is 4.74 Å². The molecule has 2 rings (SSSR count). The summed E-state index contributed by atoms with van der Waals surface area (Å²) in [4.78, 5) is 2.27. The standard InChI is InChI=1S/C13H19NO2/c1-13(15)9-14(10-13)8-7-11-3-5-12(16-2)6-4-11/h3-6,15H,7-10H2,1-2H3. The summed E-state index contributed by atoms with van der Waals surface area (Å²) < 4.78 is 5.11. The molecule has 1 fully saturated rings. The molecule has 1 N–H and O–H groups in total. The van der Waals surface area contributed by atoms with E-state index < -0.39 is 5.60 Å². The van der Waals surface area contributed by atoms with Crippen LogP contribution in [0.2, 0.25) is 0 Å². The lowest BCUT2D eigenvalue weighted by Gasteiger charge is -2.44. The number of hydrogen-bond acceptors (Lipinski definition) is 3. The predicted molar refractivity (Wildman–Crippen MR) is 63.8 cm³/mol. The lowest BCUT2D eigenvalue weighted by atomic mass is 9.96. The van der Waals surface area contributed by atoms with E-state index in [4.69, 9.17) is 4.74 Å². The molecule has 0 saturated carbocycles. The number of aliphatic hydroxyl groups is 1. The minimum atomic E-state index is -0.458. The van der Waals surface area contributed by atoms with Gasteiger partial charge in [-0.1, -0.05) is 12.1 Å². The van der Waals surface area contributed by atoms with Gasteiger partial charge in [-0.3, -0.25) is 4.90 Å². The van der Waals surface area contributed by atoms with E-state index in [1.54, 1.807) is 7.11 Å². The summed E-state index contributed by atoms with van der Waals surface area (Å²) in [7, 11) is 1.68. The maximum atomic E-state index is 9.59. The quantitative estimate of drug-likeness (QED) is 0.832. The fraction of sp³-hybridized carbons (Fsp3) is 0.538. The Kier molecular flexibility index (Phi) is 3.17. The van der Waals surface area contributed by atoms with Crippen LogP contribution in [0.15, 0.2) is 24.3 Å². The number of methoxy groups -OCH3 is 1. The summed E-state index contributed by atoms with van der Waals surface area (Å²) >= 11 is 0. The summed E-state index contributed by atoms with van der Waals surface area (Å²) in [6.07, 6.45) is 1.03. The molecule has 1 aliphatic heterocycles. The molecule has 88 valence electrons. The Bertz CT molecular complexity index is 337. The molecule has 1 aliphatic rings. The zero-order chi connectivity index (χ0) is 11.6. The first-order valence-electron chi connectivity index (χ1n) is 5.67. The number of ether oxygens (including phenoxy) is 1. The van der Waals surface area contributed by atoms with E-state index in [1.165, 1.54) is 5.56 Å². The van der Waals surface area contributed by atoms with E-state index in [0.29, 0.717) is 0 Å². The number of benzene rings is 1. The van der Waals surface area contributed by atoms with Crippen molar-refractivity contribution in [1.29, 1.82) is 0 Å². The van der Waals surface area contributed by atoms with Crippen molar-refractivity contribution in [2.75, 3.05) is 26.7 Å². The van der Waals surface area contributed by atoms with Crippen LogP contribution in [0, 0.1) is 0 Å². The molecule has 0 amide bonds. The second-order valence-electron chi connectivity index (χ2n) is 4.81. The first-order chi connectivity index (χ1) is 7.59. The summed E-state index contributed by atoms with van der Waals surface area (Å²) in [6.45, 7) is 4.49. The second kappa shape index (κ2) is 4.44. The van der Waals surface area contributed by atoms with E-state index in [2.05, 4.69) is 17.0 Å². The lowest BCUT2D eigenvalue weighted by Crippen LogP contribution is -2.60. The van der Waals surface area contributed by atoms with Crippen LogP contribution in [0.25, 0.3) is 0 Å². The molecule has 0 atom stereocenters. The lowest BCUT2D eigenvalue weighted by molar-refractivity contribution is -0.0824. The first kappa shape index (κ1) is 11.4. The molecule has 3 nitrogen and oxygen atoms in total. The van der Waals surface area contributed by atoms with E-state index in [9.17, 15) is 5.11 Å². The summed E-state index contributed by atoms with van der Waals surface area (Å²) in [5.74, 6) is 0.899. The van der Waals surface area contributed by atoms with Crippen LogP contribution >= 0.6 is 0 Å². The predicted octanol–water partition coefficient (Wildman–Crippen LogP) is 1.30. The summed E-state index contributed by atoms with van der Waals surface area (Å²) in [5.41, 5.74) is 0.854. The van der Waals surface area contributed by atoms with E-state index in [-0.39, 0.29) is 0 Å². The Labute approximate surface area is 96.6 Å². The van der Waals surface area contributed by atoms with Gasteiger partial charge < -0.3 is 9.84 Å². The van der Waals surface area contributed by atoms with Crippen LogP contribution in [0.5, 0.6) is 5.75 Å². The number of rotatable bonds is 4. The van der Waals surface area contributed by atoms with Crippen molar-refractivity contribution < 1.29 is 9.84 Å². The Morgan fingerprint density at radius 3 is 2.44 bits per heavy atom. The molecular weight excluding hydrogens is 202 g/mol. The molecule has 1 heterocycles. The summed E-state index contributed by atoms with van der Waals surface area (Å²) in [6, 6.07) is 8.16. The molecule has 0 spiro atoms. The van der Waals surface area contributed by atoms with Crippen molar-refractivity contribution >= 4 is 0 Å². The van der Waals surface area contributed by atoms with E-state index in [0.717, 1.165) is 31.8 Å². The van der Waals surface area contributed by atoms with E-state index >= 15 is 0 Å². The van der Waals surface area contributed by atoms with Gasteiger partial charge in [0.1, 0.15) is 5.75 Å². The van der Waals surface area contributed by atoms with Crippen molar-refractivity contribution in [2.45, 2.75) is 18.9 Å². The van der Waals surface area contributed by atoms with Gasteiger partial charge >= 0.3 is 0 Å². The van der Waals surface area contributed by atoms with Gasteiger partial charge in [0, 0.05) is 19.6 Å². The highest BCUT2D eigenvalue weighted by Gasteiger charge is 2.35. The molecule has 1 saturated heterocycles. The van der Waals surface area contributed by atoms with Gasteiger partial charge in [-0.15, -0.1) is 0 Å². The zero-order valence-electron chi connectivity index (χ0n) is 9.94. The van der Waals surface area contributed by atoms with Crippen LogP contribution in [0.1, 0.15) is 12.5 Å². The molecule has 16 heavy (non-hydrogen) atoms. The normalized spacial score (nSPS) is 19.2. The topological polar surface area (TPSA) is 32.7 Å². The minimum absolute atomic E-state index is 0.458. The van der Waals surface area contributed by atoms with E-state index in [1.807, 2.05) is 19.1 Å². The highest BCUT2D eigenvalue weighted by atomic mass is 16.5. The summed E-state index contributed by atoms with van der Waals surface area (Å²) in [5, 5.41) is 9.59.